The number of carbonyl (C=O) groups excluding carboxylic acids is 1. The lowest BCUT2D eigenvalue weighted by Gasteiger charge is -2.14. The highest BCUT2D eigenvalue weighted by Crippen LogP contribution is 2.27. The van der Waals surface area contributed by atoms with E-state index in [1.54, 1.807) is 6.20 Å². The van der Waals surface area contributed by atoms with E-state index < -0.39 is 0 Å². The average molecular weight is 473 g/mol. The number of benzene rings is 2. The van der Waals surface area contributed by atoms with Crippen molar-refractivity contribution in [3.05, 3.63) is 83.8 Å². The van der Waals surface area contributed by atoms with Crippen LogP contribution < -0.4 is 5.32 Å². The van der Waals surface area contributed by atoms with Gasteiger partial charge in [0.15, 0.2) is 0 Å². The molecule has 7 heteroatoms. The Hall–Kier alpha value is -4.00. The van der Waals surface area contributed by atoms with Crippen LogP contribution in [0.25, 0.3) is 16.5 Å². The second-order valence-corrected chi connectivity index (χ2v) is 9.29. The van der Waals surface area contributed by atoms with Gasteiger partial charge in [0.1, 0.15) is 11.5 Å². The lowest BCUT2D eigenvalue weighted by Crippen LogP contribution is -2.17. The van der Waals surface area contributed by atoms with E-state index >= 15 is 0 Å². The predicted molar refractivity (Wildman–Crippen MR) is 139 cm³/mol. The Morgan fingerprint density at radius 2 is 1.83 bits per heavy atom. The molecule has 35 heavy (non-hydrogen) atoms. The maximum absolute atomic E-state index is 13.3. The molecule has 4 rings (SSSR count). The number of nitrogens with one attached hydrogen (secondary N) is 1. The van der Waals surface area contributed by atoms with Crippen LogP contribution in [0.4, 0.5) is 5.82 Å². The fourth-order valence-corrected chi connectivity index (χ4v) is 3.73. The number of hydrogen-bond acceptors (Lipinski definition) is 4. The molecule has 0 saturated heterocycles. The molecular formula is C28H32N4O3. The minimum Gasteiger partial charge on any atom is -0.483 e. The number of carbonyl (C=O) groups is 2. The van der Waals surface area contributed by atoms with Gasteiger partial charge in [0.25, 0.3) is 12.4 Å². The zero-order chi connectivity index (χ0) is 25.4. The van der Waals surface area contributed by atoms with E-state index in [4.69, 9.17) is 15.0 Å². The minimum atomic E-state index is -0.250. The summed E-state index contributed by atoms with van der Waals surface area (Å²) in [7, 11) is 0. The normalized spacial score (nSPS) is 11.0. The summed E-state index contributed by atoms with van der Waals surface area (Å²) in [4.78, 5) is 26.0. The average Bonchev–Trinajstić information content (AvgIpc) is 3.27. The Bertz CT molecular complexity index is 1300. The van der Waals surface area contributed by atoms with Crippen LogP contribution in [0.1, 0.15) is 62.3 Å². The van der Waals surface area contributed by atoms with Gasteiger partial charge in [0.2, 0.25) is 0 Å². The van der Waals surface area contributed by atoms with Gasteiger partial charge >= 0.3 is 0 Å². The van der Waals surface area contributed by atoms with E-state index in [0.717, 1.165) is 41.4 Å². The monoisotopic (exact) mass is 472 g/mol. The van der Waals surface area contributed by atoms with Crippen molar-refractivity contribution in [1.82, 2.24) is 14.8 Å². The molecule has 0 fully saturated rings. The molecular weight excluding hydrogens is 440 g/mol. The third-order valence-electron chi connectivity index (χ3n) is 5.58. The SMILES string of the molecule is CCCCc1cccc(-n2nc(C(C)(C)C)cc2NC(=O)c2nccc3ccccc23)c1.O=CO. The van der Waals surface area contributed by atoms with Crippen LogP contribution in [0.3, 0.4) is 0 Å². The molecule has 1 amide bonds. The molecule has 2 N–H and O–H groups in total. The number of unbranched alkanes of at least 4 members (excludes halogenated alkanes) is 1. The number of pyridine rings is 1. The fourth-order valence-electron chi connectivity index (χ4n) is 3.73. The molecule has 0 aliphatic heterocycles. The largest absolute Gasteiger partial charge is 0.483 e. The number of rotatable bonds is 6. The topological polar surface area (TPSA) is 97.1 Å². The van der Waals surface area contributed by atoms with E-state index in [-0.39, 0.29) is 17.8 Å². The lowest BCUT2D eigenvalue weighted by molar-refractivity contribution is -0.122. The Morgan fingerprint density at radius 3 is 2.54 bits per heavy atom. The van der Waals surface area contributed by atoms with Crippen molar-refractivity contribution in [2.75, 3.05) is 5.32 Å². The number of carboxylic acid groups (broad SMARTS) is 1. The van der Waals surface area contributed by atoms with Gasteiger partial charge in [0, 0.05) is 23.1 Å². The van der Waals surface area contributed by atoms with Crippen LogP contribution in [0, 0.1) is 0 Å². The van der Waals surface area contributed by atoms with E-state index in [2.05, 4.69) is 56.2 Å². The van der Waals surface area contributed by atoms with Gasteiger partial charge in [-0.3, -0.25) is 14.6 Å². The van der Waals surface area contributed by atoms with Gasteiger partial charge in [-0.05, 0) is 42.0 Å². The fraction of sp³-hybridized carbons (Fsp3) is 0.286. The van der Waals surface area contributed by atoms with Gasteiger partial charge in [-0.1, -0.05) is 70.5 Å². The third-order valence-corrected chi connectivity index (χ3v) is 5.58. The Balaban J connectivity index is 0.00000108. The highest BCUT2D eigenvalue weighted by molar-refractivity contribution is 6.11. The Kier molecular flexibility index (Phi) is 8.36. The molecule has 2 heterocycles. The first kappa shape index (κ1) is 25.6. The number of hydrogen-bond donors (Lipinski definition) is 2. The smallest absolute Gasteiger partial charge is 0.290 e. The first-order chi connectivity index (χ1) is 16.8. The number of aryl methyl sites for hydroxylation is 1. The lowest BCUT2D eigenvalue weighted by atomic mass is 9.92. The van der Waals surface area contributed by atoms with Gasteiger partial charge in [-0.15, -0.1) is 0 Å². The van der Waals surface area contributed by atoms with Gasteiger partial charge in [-0.25, -0.2) is 4.68 Å². The number of nitrogens with zero attached hydrogens (tertiary/aromatic N) is 3. The van der Waals surface area contributed by atoms with Crippen LogP contribution in [0.5, 0.6) is 0 Å². The second kappa shape index (κ2) is 11.4. The van der Waals surface area contributed by atoms with Crippen molar-refractivity contribution in [3.8, 4) is 5.69 Å². The summed E-state index contributed by atoms with van der Waals surface area (Å²) in [6, 6.07) is 20.0. The molecule has 0 atom stereocenters. The molecule has 2 aromatic heterocycles. The minimum absolute atomic E-state index is 0.151. The maximum Gasteiger partial charge on any atom is 0.290 e. The van der Waals surface area contributed by atoms with Crippen molar-refractivity contribution in [2.24, 2.45) is 0 Å². The summed E-state index contributed by atoms with van der Waals surface area (Å²) < 4.78 is 1.83. The van der Waals surface area contributed by atoms with E-state index in [1.165, 1.54) is 5.56 Å². The molecule has 7 nitrogen and oxygen atoms in total. The summed E-state index contributed by atoms with van der Waals surface area (Å²) in [5, 5.41) is 16.6. The summed E-state index contributed by atoms with van der Waals surface area (Å²) in [6.07, 6.45) is 5.00. The van der Waals surface area contributed by atoms with E-state index in [9.17, 15) is 4.79 Å². The summed E-state index contributed by atoms with van der Waals surface area (Å²) in [5.74, 6) is 0.396. The Morgan fingerprint density at radius 1 is 1.09 bits per heavy atom. The van der Waals surface area contributed by atoms with E-state index in [1.807, 2.05) is 47.1 Å². The van der Waals surface area contributed by atoms with Crippen LogP contribution in [-0.4, -0.2) is 32.3 Å². The molecule has 0 bridgehead atoms. The number of aromatic nitrogens is 3. The molecule has 4 aromatic rings. The number of fused-ring (bicyclic) bond motifs is 1. The predicted octanol–water partition coefficient (Wildman–Crippen LogP) is 6.01. The van der Waals surface area contributed by atoms with Crippen LogP contribution in [0.2, 0.25) is 0 Å². The number of amides is 1. The maximum atomic E-state index is 13.3. The van der Waals surface area contributed by atoms with Crippen molar-refractivity contribution in [3.63, 3.8) is 0 Å². The van der Waals surface area contributed by atoms with Crippen LogP contribution >= 0.6 is 0 Å². The number of anilines is 1. The van der Waals surface area contributed by atoms with Crippen molar-refractivity contribution in [2.45, 2.75) is 52.4 Å². The van der Waals surface area contributed by atoms with Crippen molar-refractivity contribution >= 4 is 29.0 Å². The van der Waals surface area contributed by atoms with Crippen LogP contribution in [-0.2, 0) is 16.6 Å². The summed E-state index contributed by atoms with van der Waals surface area (Å²) in [5.41, 5.74) is 3.38. The zero-order valence-electron chi connectivity index (χ0n) is 20.7. The Labute approximate surface area is 205 Å². The van der Waals surface area contributed by atoms with Crippen molar-refractivity contribution in [1.29, 1.82) is 0 Å². The highest BCUT2D eigenvalue weighted by Gasteiger charge is 2.22. The molecule has 182 valence electrons. The van der Waals surface area contributed by atoms with Gasteiger partial charge in [-0.2, -0.15) is 5.10 Å². The highest BCUT2D eigenvalue weighted by atomic mass is 16.3. The molecule has 0 aliphatic rings. The zero-order valence-corrected chi connectivity index (χ0v) is 20.7. The second-order valence-electron chi connectivity index (χ2n) is 9.29. The molecule has 0 unspecified atom stereocenters. The van der Waals surface area contributed by atoms with Crippen molar-refractivity contribution < 1.29 is 14.7 Å². The standard InChI is InChI=1S/C27H30N4O.CH2O2/c1-5-6-10-19-11-9-13-21(17-19)31-24(18-23(30-31)27(2,3)4)29-26(32)25-22-14-8-7-12-20(22)15-16-28-25;2-1-3/h7-9,11-18H,5-6,10H2,1-4H3,(H,29,32);1H,(H,2,3). The van der Waals surface area contributed by atoms with Crippen LogP contribution in [0.15, 0.2) is 66.9 Å². The third kappa shape index (κ3) is 6.32. The molecule has 0 aliphatic carbocycles. The molecule has 0 saturated carbocycles. The van der Waals surface area contributed by atoms with E-state index in [0.29, 0.717) is 11.5 Å². The summed E-state index contributed by atoms with van der Waals surface area (Å²) >= 11 is 0. The quantitative estimate of drug-likeness (QED) is 0.335. The molecule has 2 aromatic carbocycles. The van der Waals surface area contributed by atoms with Gasteiger partial charge in [0.05, 0.1) is 11.4 Å². The molecule has 0 spiro atoms. The first-order valence-electron chi connectivity index (χ1n) is 11.7. The van der Waals surface area contributed by atoms with Gasteiger partial charge < -0.3 is 10.4 Å². The summed E-state index contributed by atoms with van der Waals surface area (Å²) in [6.45, 7) is 8.31. The first-order valence-corrected chi connectivity index (χ1v) is 11.7. The molecule has 0 radical (unpaired) electrons.